The van der Waals surface area contributed by atoms with Crippen LogP contribution in [0.3, 0.4) is 0 Å². The summed E-state index contributed by atoms with van der Waals surface area (Å²) in [4.78, 5) is 24.2. The number of carbonyl (C=O) groups is 2. The molecule has 0 spiro atoms. The van der Waals surface area contributed by atoms with E-state index >= 15 is 0 Å². The predicted octanol–water partition coefficient (Wildman–Crippen LogP) is 1.90. The number of carboxylic acid groups (broad SMARTS) is 1. The lowest BCUT2D eigenvalue weighted by Crippen LogP contribution is -2.33. The molecule has 0 radical (unpaired) electrons. The molecule has 1 heterocycles. The summed E-state index contributed by atoms with van der Waals surface area (Å²) in [5.74, 6) is -0.841. The van der Waals surface area contributed by atoms with Crippen LogP contribution < -0.4 is 4.74 Å². The third-order valence-electron chi connectivity index (χ3n) is 2.94. The number of allylic oxidation sites excluding steroid dienone is 2. The first-order valence-corrected chi connectivity index (χ1v) is 8.21. The maximum absolute atomic E-state index is 12.1. The van der Waals surface area contributed by atoms with Crippen LogP contribution in [-0.4, -0.2) is 51.1 Å². The van der Waals surface area contributed by atoms with Crippen LogP contribution in [0.5, 0.6) is 5.75 Å². The molecule has 0 saturated carbocycles. The molecule has 1 aliphatic rings. The van der Waals surface area contributed by atoms with Gasteiger partial charge in [0, 0.05) is 0 Å². The van der Waals surface area contributed by atoms with Crippen molar-refractivity contribution in [2.75, 3.05) is 19.8 Å². The molecule has 1 saturated heterocycles. The van der Waals surface area contributed by atoms with Gasteiger partial charge in [-0.25, -0.2) is 0 Å². The van der Waals surface area contributed by atoms with Crippen molar-refractivity contribution in [2.24, 2.45) is 0 Å². The highest BCUT2D eigenvalue weighted by atomic mass is 32.2. The Kier molecular flexibility index (Phi) is 6.53. The van der Waals surface area contributed by atoms with Crippen molar-refractivity contribution in [3.05, 3.63) is 46.9 Å². The van der Waals surface area contributed by atoms with Crippen molar-refractivity contribution in [2.45, 2.75) is 0 Å². The third kappa shape index (κ3) is 4.92. The number of benzene rings is 1. The minimum Gasteiger partial charge on any atom is -0.491 e. The number of ether oxygens (including phenoxy) is 1. The maximum Gasteiger partial charge on any atom is 0.323 e. The molecule has 8 heteroatoms. The molecule has 2 N–H and O–H groups in total. The van der Waals surface area contributed by atoms with E-state index in [4.69, 9.17) is 27.2 Å². The van der Waals surface area contributed by atoms with Crippen LogP contribution in [0.1, 0.15) is 5.56 Å². The van der Waals surface area contributed by atoms with Crippen LogP contribution in [-0.2, 0) is 9.59 Å². The summed E-state index contributed by atoms with van der Waals surface area (Å²) in [7, 11) is 0. The average Bonchev–Trinajstić information content (AvgIpc) is 2.81. The molecule has 6 nitrogen and oxygen atoms in total. The van der Waals surface area contributed by atoms with Gasteiger partial charge in [-0.05, 0) is 23.8 Å². The molecule has 2 rings (SSSR count). The summed E-state index contributed by atoms with van der Waals surface area (Å²) in [5, 5.41) is 17.5. The number of rotatable bonds is 7. The van der Waals surface area contributed by atoms with E-state index in [2.05, 4.69) is 0 Å². The van der Waals surface area contributed by atoms with E-state index in [-0.39, 0.29) is 17.5 Å². The number of hydrogen-bond acceptors (Lipinski definition) is 6. The Morgan fingerprint density at radius 1 is 1.33 bits per heavy atom. The second-order valence-electron chi connectivity index (χ2n) is 4.68. The molecule has 1 amide bonds. The van der Waals surface area contributed by atoms with Crippen LogP contribution in [0, 0.1) is 0 Å². The molecule has 0 unspecified atom stereocenters. The van der Waals surface area contributed by atoms with Gasteiger partial charge in [0.15, 0.2) is 0 Å². The number of aliphatic hydroxyl groups excluding tert-OH is 1. The highest BCUT2D eigenvalue weighted by Crippen LogP contribution is 2.30. The van der Waals surface area contributed by atoms with Crippen molar-refractivity contribution < 1.29 is 24.5 Å². The summed E-state index contributed by atoms with van der Waals surface area (Å²) in [6.07, 6.45) is 5.12. The fraction of sp³-hybridized carbons (Fsp3) is 0.188. The zero-order chi connectivity index (χ0) is 17.5. The summed E-state index contributed by atoms with van der Waals surface area (Å²) < 4.78 is 5.51. The van der Waals surface area contributed by atoms with Gasteiger partial charge in [0.2, 0.25) is 0 Å². The minimum absolute atomic E-state index is 0.0400. The Labute approximate surface area is 148 Å². The van der Waals surface area contributed by atoms with Crippen LogP contribution in [0.4, 0.5) is 0 Å². The highest BCUT2D eigenvalue weighted by Gasteiger charge is 2.32. The second-order valence-corrected chi connectivity index (χ2v) is 6.36. The van der Waals surface area contributed by atoms with E-state index in [9.17, 15) is 9.59 Å². The van der Waals surface area contributed by atoms with Crippen molar-refractivity contribution >= 4 is 46.3 Å². The molecule has 1 fully saturated rings. The van der Waals surface area contributed by atoms with Crippen LogP contribution in [0.2, 0.25) is 0 Å². The number of aliphatic hydroxyl groups is 1. The molecule has 0 atom stereocenters. The maximum atomic E-state index is 12.1. The van der Waals surface area contributed by atoms with Gasteiger partial charge in [0.1, 0.15) is 23.2 Å². The molecule has 0 aromatic heterocycles. The molecule has 0 bridgehead atoms. The molecular formula is C16H15NO5S2. The normalized spacial score (nSPS) is 16.4. The van der Waals surface area contributed by atoms with Crippen LogP contribution >= 0.6 is 24.0 Å². The van der Waals surface area contributed by atoms with E-state index in [1.54, 1.807) is 30.4 Å². The minimum atomic E-state index is -1.11. The number of carboxylic acids is 1. The lowest BCUT2D eigenvalue weighted by atomic mass is 10.2. The smallest absolute Gasteiger partial charge is 0.323 e. The van der Waals surface area contributed by atoms with Gasteiger partial charge in [-0.2, -0.15) is 0 Å². The molecule has 1 aromatic rings. The van der Waals surface area contributed by atoms with E-state index < -0.39 is 18.4 Å². The number of hydrogen-bond donors (Lipinski definition) is 2. The number of carbonyl (C=O) groups excluding carboxylic acids is 1. The largest absolute Gasteiger partial charge is 0.491 e. The number of thioether (sulfide) groups is 1. The van der Waals surface area contributed by atoms with E-state index in [1.807, 2.05) is 12.1 Å². The first-order chi connectivity index (χ1) is 11.5. The van der Waals surface area contributed by atoms with Crippen molar-refractivity contribution in [1.29, 1.82) is 0 Å². The van der Waals surface area contributed by atoms with Gasteiger partial charge >= 0.3 is 5.97 Å². The summed E-state index contributed by atoms with van der Waals surface area (Å²) in [5.41, 5.74) is 0.906. The third-order valence-corrected chi connectivity index (χ3v) is 4.34. The first kappa shape index (κ1) is 18.2. The zero-order valence-electron chi connectivity index (χ0n) is 12.5. The Morgan fingerprint density at radius 3 is 2.67 bits per heavy atom. The monoisotopic (exact) mass is 365 g/mol. The molecule has 24 heavy (non-hydrogen) atoms. The Hall–Kier alpha value is -2.16. The number of thiocarbonyl (C=S) groups is 1. The van der Waals surface area contributed by atoms with Gasteiger partial charge in [0.25, 0.3) is 5.91 Å². The Balaban J connectivity index is 1.99. The fourth-order valence-electron chi connectivity index (χ4n) is 1.87. The van der Waals surface area contributed by atoms with E-state index in [0.717, 1.165) is 22.2 Å². The molecule has 1 aliphatic heterocycles. The second kappa shape index (κ2) is 8.62. The van der Waals surface area contributed by atoms with E-state index in [1.165, 1.54) is 0 Å². The lowest BCUT2D eigenvalue weighted by molar-refractivity contribution is -0.140. The summed E-state index contributed by atoms with van der Waals surface area (Å²) >= 11 is 6.10. The molecule has 126 valence electrons. The lowest BCUT2D eigenvalue weighted by Gasteiger charge is -2.09. The van der Waals surface area contributed by atoms with Gasteiger partial charge in [0.05, 0.1) is 11.5 Å². The van der Waals surface area contributed by atoms with Crippen molar-refractivity contribution in [3.8, 4) is 5.75 Å². The van der Waals surface area contributed by atoms with Gasteiger partial charge in [-0.3, -0.25) is 14.5 Å². The molecule has 0 aliphatic carbocycles. The quantitative estimate of drug-likeness (QED) is 0.564. The first-order valence-electron chi connectivity index (χ1n) is 6.99. The fourth-order valence-corrected chi connectivity index (χ4v) is 3.08. The predicted molar refractivity (Wildman–Crippen MR) is 95.7 cm³/mol. The summed E-state index contributed by atoms with van der Waals surface area (Å²) in [6, 6.07) is 7.24. The van der Waals surface area contributed by atoms with Crippen LogP contribution in [0.25, 0.3) is 6.08 Å². The number of nitrogens with zero attached hydrogens (tertiary/aromatic N) is 1. The Bertz CT molecular complexity index is 697. The van der Waals surface area contributed by atoms with Crippen molar-refractivity contribution in [3.63, 3.8) is 0 Å². The van der Waals surface area contributed by atoms with Gasteiger partial charge < -0.3 is 14.9 Å². The standard InChI is InChI=1S/C16H15NO5S2/c18-8-9-22-12-6-4-11(5-7-12)2-1-3-13-15(21)17(10-14(19)20)16(23)24-13/h1-7,18H,8-10H2,(H,19,20). The van der Waals surface area contributed by atoms with E-state index in [0.29, 0.717) is 10.7 Å². The summed E-state index contributed by atoms with van der Waals surface area (Å²) in [6.45, 7) is -0.226. The van der Waals surface area contributed by atoms with Gasteiger partial charge in [-0.1, -0.05) is 48.3 Å². The number of amides is 1. The van der Waals surface area contributed by atoms with Gasteiger partial charge in [-0.15, -0.1) is 0 Å². The van der Waals surface area contributed by atoms with Crippen LogP contribution in [0.15, 0.2) is 41.3 Å². The molecular weight excluding hydrogens is 350 g/mol. The Morgan fingerprint density at radius 2 is 2.04 bits per heavy atom. The zero-order valence-corrected chi connectivity index (χ0v) is 14.2. The van der Waals surface area contributed by atoms with Crippen molar-refractivity contribution in [1.82, 2.24) is 4.90 Å². The average molecular weight is 365 g/mol. The topological polar surface area (TPSA) is 87.1 Å². The number of aliphatic carboxylic acids is 1. The molecule has 1 aromatic carbocycles. The SMILES string of the molecule is O=C(O)CN1C(=O)C(=CC=Cc2ccc(OCCO)cc2)SC1=S. The highest BCUT2D eigenvalue weighted by molar-refractivity contribution is 8.26.